The number of carbonyl (C=O) groups excluding carboxylic acids is 2. The number of piperidine rings is 1. The summed E-state index contributed by atoms with van der Waals surface area (Å²) in [7, 11) is 1.66. The third-order valence-corrected chi connectivity index (χ3v) is 5.50. The van der Waals surface area contributed by atoms with Gasteiger partial charge in [0.05, 0.1) is 23.8 Å². The molecule has 6 heteroatoms. The van der Waals surface area contributed by atoms with E-state index in [1.807, 2.05) is 6.07 Å². The highest BCUT2D eigenvalue weighted by Crippen LogP contribution is 2.27. The van der Waals surface area contributed by atoms with Gasteiger partial charge >= 0.3 is 0 Å². The minimum absolute atomic E-state index is 0.00450. The average Bonchev–Trinajstić information content (AvgIpc) is 2.71. The molecule has 1 heterocycles. The molecule has 0 saturated carbocycles. The number of anilines is 1. The number of hydrogen-bond donors (Lipinski definition) is 1. The fraction of sp³-hybridized carbons (Fsp3) is 0.364. The van der Waals surface area contributed by atoms with Gasteiger partial charge in [-0.05, 0) is 49.5 Å². The first-order valence-corrected chi connectivity index (χ1v) is 9.96. The van der Waals surface area contributed by atoms with Gasteiger partial charge in [0.2, 0.25) is 11.8 Å². The Bertz CT molecular complexity index is 804. The zero-order valence-electron chi connectivity index (χ0n) is 16.1. The number of para-hydroxylation sites is 1. The van der Waals surface area contributed by atoms with Crippen molar-refractivity contribution in [1.29, 1.82) is 0 Å². The molecular weight excluding hydrogens is 374 g/mol. The molecule has 0 bridgehead atoms. The van der Waals surface area contributed by atoms with Crippen molar-refractivity contribution in [3.63, 3.8) is 0 Å². The van der Waals surface area contributed by atoms with Crippen LogP contribution in [-0.2, 0) is 9.59 Å². The van der Waals surface area contributed by atoms with E-state index < -0.39 is 0 Å². The maximum Gasteiger partial charge on any atom is 0.244 e. The van der Waals surface area contributed by atoms with Gasteiger partial charge in [-0.25, -0.2) is 0 Å². The molecule has 0 unspecified atom stereocenters. The molecule has 3 rings (SSSR count). The molecule has 2 aromatic rings. The summed E-state index contributed by atoms with van der Waals surface area (Å²) in [5, 5.41) is 3.22. The van der Waals surface area contributed by atoms with Crippen LogP contribution in [0, 0.1) is 0 Å². The maximum absolute atomic E-state index is 12.5. The van der Waals surface area contributed by atoms with E-state index in [0.717, 1.165) is 25.9 Å². The lowest BCUT2D eigenvalue weighted by Gasteiger charge is -2.32. The third-order valence-electron chi connectivity index (χ3n) is 5.17. The lowest BCUT2D eigenvalue weighted by Crippen LogP contribution is -2.44. The van der Waals surface area contributed by atoms with Gasteiger partial charge in [-0.1, -0.05) is 54.1 Å². The Morgan fingerprint density at radius 2 is 1.71 bits per heavy atom. The summed E-state index contributed by atoms with van der Waals surface area (Å²) in [6, 6.07) is 17.6. The van der Waals surface area contributed by atoms with Crippen LogP contribution in [0.4, 0.5) is 5.69 Å². The fourth-order valence-corrected chi connectivity index (χ4v) is 3.70. The van der Waals surface area contributed by atoms with Crippen molar-refractivity contribution in [1.82, 2.24) is 9.80 Å². The van der Waals surface area contributed by atoms with E-state index in [9.17, 15) is 9.59 Å². The summed E-state index contributed by atoms with van der Waals surface area (Å²) >= 11 is 6.05. The number of rotatable bonds is 6. The molecule has 2 aromatic carbocycles. The van der Waals surface area contributed by atoms with E-state index in [2.05, 4.69) is 34.5 Å². The Balaban J connectivity index is 1.43. The van der Waals surface area contributed by atoms with Crippen molar-refractivity contribution in [2.45, 2.75) is 18.8 Å². The van der Waals surface area contributed by atoms with Gasteiger partial charge < -0.3 is 10.2 Å². The summed E-state index contributed by atoms with van der Waals surface area (Å²) in [5.74, 6) is 0.255. The summed E-state index contributed by atoms with van der Waals surface area (Å²) in [4.78, 5) is 28.3. The van der Waals surface area contributed by atoms with Gasteiger partial charge in [0.15, 0.2) is 0 Å². The number of nitrogens with one attached hydrogen (secondary N) is 1. The fourth-order valence-electron chi connectivity index (χ4n) is 3.52. The predicted octanol–water partition coefficient (Wildman–Crippen LogP) is 3.62. The second kappa shape index (κ2) is 9.71. The highest BCUT2D eigenvalue weighted by Gasteiger charge is 2.23. The van der Waals surface area contributed by atoms with Gasteiger partial charge in [0, 0.05) is 7.05 Å². The Labute approximate surface area is 171 Å². The van der Waals surface area contributed by atoms with Crippen molar-refractivity contribution in [3.05, 3.63) is 65.2 Å². The molecule has 0 radical (unpaired) electrons. The molecule has 28 heavy (non-hydrogen) atoms. The van der Waals surface area contributed by atoms with Crippen LogP contribution >= 0.6 is 11.6 Å². The molecule has 1 fully saturated rings. The van der Waals surface area contributed by atoms with Crippen LogP contribution in [0.25, 0.3) is 0 Å². The Morgan fingerprint density at radius 1 is 1.07 bits per heavy atom. The average molecular weight is 400 g/mol. The van der Waals surface area contributed by atoms with Gasteiger partial charge in [-0.3, -0.25) is 14.5 Å². The molecule has 0 aliphatic carbocycles. The quantitative estimate of drug-likeness (QED) is 0.807. The highest BCUT2D eigenvalue weighted by atomic mass is 35.5. The van der Waals surface area contributed by atoms with Crippen molar-refractivity contribution in [2.75, 3.05) is 38.5 Å². The molecule has 1 aliphatic rings. The van der Waals surface area contributed by atoms with Crippen LogP contribution in [-0.4, -0.2) is 54.8 Å². The normalized spacial score (nSPS) is 15.2. The minimum atomic E-state index is -0.258. The van der Waals surface area contributed by atoms with Crippen molar-refractivity contribution in [2.24, 2.45) is 0 Å². The van der Waals surface area contributed by atoms with Gasteiger partial charge in [0.1, 0.15) is 0 Å². The zero-order valence-corrected chi connectivity index (χ0v) is 16.9. The second-order valence-corrected chi connectivity index (χ2v) is 7.65. The molecule has 2 amide bonds. The number of carbonyl (C=O) groups is 2. The Hall–Kier alpha value is -2.37. The number of hydrogen-bond acceptors (Lipinski definition) is 3. The van der Waals surface area contributed by atoms with E-state index in [-0.39, 0.29) is 18.4 Å². The number of halogens is 1. The highest BCUT2D eigenvalue weighted by molar-refractivity contribution is 6.33. The molecule has 1 aliphatic heterocycles. The molecule has 1 N–H and O–H groups in total. The Kier molecular flexibility index (Phi) is 7.06. The van der Waals surface area contributed by atoms with Gasteiger partial charge in [0.25, 0.3) is 0 Å². The molecule has 148 valence electrons. The predicted molar refractivity (Wildman–Crippen MR) is 113 cm³/mol. The summed E-state index contributed by atoms with van der Waals surface area (Å²) < 4.78 is 0. The van der Waals surface area contributed by atoms with E-state index in [0.29, 0.717) is 23.2 Å². The molecule has 5 nitrogen and oxygen atoms in total. The largest absolute Gasteiger partial charge is 0.335 e. The van der Waals surface area contributed by atoms with E-state index >= 15 is 0 Å². The molecule has 0 aromatic heterocycles. The maximum atomic E-state index is 12.5. The van der Waals surface area contributed by atoms with Crippen molar-refractivity contribution < 1.29 is 9.59 Å². The first kappa shape index (κ1) is 20.4. The standard InChI is InChI=1S/C22H26ClN3O2/c1-25(15-21(27)24-20-10-6-5-9-19(20)23)22(28)16-26-13-11-18(12-14-26)17-7-3-2-4-8-17/h2-10,18H,11-16H2,1H3,(H,24,27). The van der Waals surface area contributed by atoms with Crippen LogP contribution < -0.4 is 5.32 Å². The number of likely N-dealkylation sites (N-methyl/N-ethyl adjacent to an activating group) is 1. The van der Waals surface area contributed by atoms with Gasteiger partial charge in [-0.15, -0.1) is 0 Å². The van der Waals surface area contributed by atoms with Crippen LogP contribution in [0.2, 0.25) is 5.02 Å². The van der Waals surface area contributed by atoms with E-state index in [1.54, 1.807) is 31.3 Å². The first-order valence-electron chi connectivity index (χ1n) is 9.58. The van der Waals surface area contributed by atoms with Crippen LogP contribution in [0.3, 0.4) is 0 Å². The van der Waals surface area contributed by atoms with E-state index in [1.165, 1.54) is 10.5 Å². The van der Waals surface area contributed by atoms with Crippen molar-refractivity contribution >= 4 is 29.1 Å². The monoisotopic (exact) mass is 399 g/mol. The minimum Gasteiger partial charge on any atom is -0.335 e. The molecular formula is C22H26ClN3O2. The number of benzene rings is 2. The lowest BCUT2D eigenvalue weighted by molar-refractivity contribution is -0.134. The summed E-state index contributed by atoms with van der Waals surface area (Å²) in [5.41, 5.74) is 1.93. The number of nitrogens with zero attached hydrogens (tertiary/aromatic N) is 2. The van der Waals surface area contributed by atoms with Crippen molar-refractivity contribution in [3.8, 4) is 0 Å². The zero-order chi connectivity index (χ0) is 19.9. The molecule has 1 saturated heterocycles. The van der Waals surface area contributed by atoms with Gasteiger partial charge in [-0.2, -0.15) is 0 Å². The number of amides is 2. The van der Waals surface area contributed by atoms with Crippen LogP contribution in [0.1, 0.15) is 24.3 Å². The summed E-state index contributed by atoms with van der Waals surface area (Å²) in [6.45, 7) is 2.14. The Morgan fingerprint density at radius 3 is 2.39 bits per heavy atom. The second-order valence-electron chi connectivity index (χ2n) is 7.24. The molecule has 0 spiro atoms. The third kappa shape index (κ3) is 5.57. The van der Waals surface area contributed by atoms with E-state index in [4.69, 9.17) is 11.6 Å². The number of likely N-dealkylation sites (tertiary alicyclic amines) is 1. The summed E-state index contributed by atoms with van der Waals surface area (Å²) in [6.07, 6.45) is 2.10. The smallest absolute Gasteiger partial charge is 0.244 e. The topological polar surface area (TPSA) is 52.7 Å². The first-order chi connectivity index (χ1) is 13.5. The SMILES string of the molecule is CN(CC(=O)Nc1ccccc1Cl)C(=O)CN1CCC(c2ccccc2)CC1. The lowest BCUT2D eigenvalue weighted by atomic mass is 9.89. The van der Waals surface area contributed by atoms with Crippen LogP contribution in [0.5, 0.6) is 0 Å². The van der Waals surface area contributed by atoms with Crippen LogP contribution in [0.15, 0.2) is 54.6 Å². The molecule has 0 atom stereocenters.